The number of rotatable bonds is 4. The Morgan fingerprint density at radius 1 is 0.500 bits per heavy atom. The average molecular weight is 593 g/mol. The molecule has 0 aliphatic heterocycles. The van der Waals surface area contributed by atoms with Gasteiger partial charge >= 0.3 is 6.09 Å². The van der Waals surface area contributed by atoms with Gasteiger partial charge in [-0.25, -0.2) is 9.36 Å². The van der Waals surface area contributed by atoms with Crippen LogP contribution in [-0.2, 0) is 11.3 Å². The van der Waals surface area contributed by atoms with Crippen LogP contribution in [0.3, 0.4) is 0 Å². The Morgan fingerprint density at radius 2 is 1.17 bits per heavy atom. The first-order chi connectivity index (χ1) is 22.7. The van der Waals surface area contributed by atoms with Crippen molar-refractivity contribution in [2.45, 2.75) is 6.61 Å². The van der Waals surface area contributed by atoms with Crippen molar-refractivity contribution in [3.63, 3.8) is 0 Å². The molecule has 0 unspecified atom stereocenters. The zero-order valence-corrected chi connectivity index (χ0v) is 24.9. The largest absolute Gasteiger partial charge is 0.444 e. The van der Waals surface area contributed by atoms with Gasteiger partial charge in [0.15, 0.2) is 0 Å². The Balaban J connectivity index is 1.31. The monoisotopic (exact) mass is 592 g/mol. The third-order valence-corrected chi connectivity index (χ3v) is 9.07. The van der Waals surface area contributed by atoms with Crippen LogP contribution in [0.15, 0.2) is 158 Å². The first kappa shape index (κ1) is 26.3. The Bertz CT molecular complexity index is 2580. The van der Waals surface area contributed by atoms with Gasteiger partial charge in [0.25, 0.3) is 0 Å². The van der Waals surface area contributed by atoms with Crippen molar-refractivity contribution < 1.29 is 9.53 Å². The van der Waals surface area contributed by atoms with Crippen LogP contribution in [0.1, 0.15) is 5.56 Å². The molecule has 9 aromatic rings. The van der Waals surface area contributed by atoms with E-state index in [9.17, 15) is 4.79 Å². The molecule has 46 heavy (non-hydrogen) atoms. The molecule has 0 bridgehead atoms. The lowest BCUT2D eigenvalue weighted by Gasteiger charge is -2.11. The van der Waals surface area contributed by atoms with Crippen LogP contribution in [0, 0.1) is 0 Å². The zero-order valence-electron chi connectivity index (χ0n) is 24.9. The molecule has 218 valence electrons. The Hall–Kier alpha value is -6.13. The van der Waals surface area contributed by atoms with E-state index in [2.05, 4.69) is 108 Å². The molecule has 2 heterocycles. The predicted molar refractivity (Wildman–Crippen MR) is 189 cm³/mol. The van der Waals surface area contributed by atoms with E-state index in [1.165, 1.54) is 27.3 Å². The molecule has 4 nitrogen and oxygen atoms in total. The molecule has 4 heteroatoms. The van der Waals surface area contributed by atoms with Crippen molar-refractivity contribution in [1.82, 2.24) is 9.13 Å². The number of ether oxygens (including phenoxy) is 1. The number of nitrogens with zero attached hydrogens (tertiary/aromatic N) is 2. The Morgan fingerprint density at radius 3 is 1.98 bits per heavy atom. The fourth-order valence-electron chi connectivity index (χ4n) is 6.94. The van der Waals surface area contributed by atoms with Gasteiger partial charge in [0.05, 0.1) is 22.1 Å². The lowest BCUT2D eigenvalue weighted by molar-refractivity contribution is 0.143. The fraction of sp³-hybridized carbons (Fsp3) is 0.0238. The number of carbonyl (C=O) groups is 1. The highest BCUT2D eigenvalue weighted by Gasteiger charge is 2.22. The summed E-state index contributed by atoms with van der Waals surface area (Å²) in [6.45, 7) is 0.204. The highest BCUT2D eigenvalue weighted by molar-refractivity contribution is 6.25. The van der Waals surface area contributed by atoms with Gasteiger partial charge in [0.2, 0.25) is 0 Å². The van der Waals surface area contributed by atoms with Crippen LogP contribution in [0.25, 0.3) is 71.2 Å². The van der Waals surface area contributed by atoms with Crippen molar-refractivity contribution in [3.05, 3.63) is 163 Å². The van der Waals surface area contributed by atoms with Crippen LogP contribution in [0.2, 0.25) is 0 Å². The molecule has 0 saturated heterocycles. The third-order valence-electron chi connectivity index (χ3n) is 9.07. The van der Waals surface area contributed by atoms with E-state index in [0.29, 0.717) is 0 Å². The highest BCUT2D eigenvalue weighted by Crippen LogP contribution is 2.41. The summed E-state index contributed by atoms with van der Waals surface area (Å²) in [5.74, 6) is 0. The number of hydrogen-bond donors (Lipinski definition) is 0. The summed E-state index contributed by atoms with van der Waals surface area (Å²) in [5.41, 5.74) is 8.16. The van der Waals surface area contributed by atoms with Gasteiger partial charge in [-0.15, -0.1) is 0 Å². The topological polar surface area (TPSA) is 36.2 Å². The molecule has 0 atom stereocenters. The number of benzene rings is 7. The summed E-state index contributed by atoms with van der Waals surface area (Å²) in [7, 11) is 0. The Labute approximate surface area is 265 Å². The predicted octanol–water partition coefficient (Wildman–Crippen LogP) is 10.9. The van der Waals surface area contributed by atoms with Gasteiger partial charge in [-0.3, -0.25) is 0 Å². The standard InChI is InChI=1S/C42H28N2O2/c45-42(46-27-28-11-3-1-4-12-28)44-37-18-10-9-17-34(37)35-25-36-40(26-39(35)44)43(38-24-21-31-15-7-8-16-33(31)41(36)38)32-22-19-30(20-23-32)29-13-5-2-6-14-29/h1-26H,27H2. The molecule has 0 aliphatic rings. The summed E-state index contributed by atoms with van der Waals surface area (Å²) < 4.78 is 9.95. The smallest absolute Gasteiger partial charge is 0.419 e. The summed E-state index contributed by atoms with van der Waals surface area (Å²) >= 11 is 0. The summed E-state index contributed by atoms with van der Waals surface area (Å²) in [5, 5.41) is 6.78. The normalized spacial score (nSPS) is 11.7. The van der Waals surface area contributed by atoms with Gasteiger partial charge in [0, 0.05) is 27.2 Å². The molecule has 0 radical (unpaired) electrons. The van der Waals surface area contributed by atoms with Gasteiger partial charge in [-0.1, -0.05) is 121 Å². The van der Waals surface area contributed by atoms with Crippen molar-refractivity contribution in [3.8, 4) is 16.8 Å². The van der Waals surface area contributed by atoms with Crippen LogP contribution in [0.5, 0.6) is 0 Å². The van der Waals surface area contributed by atoms with E-state index in [4.69, 9.17) is 4.74 Å². The van der Waals surface area contributed by atoms with Crippen molar-refractivity contribution >= 4 is 60.5 Å². The number of aromatic nitrogens is 2. The van der Waals surface area contributed by atoms with Crippen molar-refractivity contribution in [2.75, 3.05) is 0 Å². The van der Waals surface area contributed by atoms with Crippen LogP contribution < -0.4 is 0 Å². The molecule has 9 rings (SSSR count). The van der Waals surface area contributed by atoms with E-state index >= 15 is 0 Å². The minimum Gasteiger partial charge on any atom is -0.444 e. The molecular formula is C42H28N2O2. The molecule has 0 fully saturated rings. The lowest BCUT2D eigenvalue weighted by Crippen LogP contribution is -2.13. The maximum atomic E-state index is 13.9. The second-order valence-electron chi connectivity index (χ2n) is 11.7. The number of hydrogen-bond acceptors (Lipinski definition) is 2. The molecular weight excluding hydrogens is 564 g/mol. The van der Waals surface area contributed by atoms with Crippen LogP contribution in [-0.4, -0.2) is 15.2 Å². The Kier molecular flexibility index (Phi) is 6.00. The van der Waals surface area contributed by atoms with E-state index < -0.39 is 6.09 Å². The quantitative estimate of drug-likeness (QED) is 0.204. The SMILES string of the molecule is O=C(OCc1ccccc1)n1c2ccccc2c2cc3c4c5ccccc5ccc4n(-c4ccc(-c5ccccc5)cc4)c3cc21. The molecule has 0 amide bonds. The van der Waals surface area contributed by atoms with Gasteiger partial charge in [-0.05, 0) is 63.9 Å². The average Bonchev–Trinajstić information content (AvgIpc) is 3.63. The van der Waals surface area contributed by atoms with Crippen LogP contribution >= 0.6 is 0 Å². The van der Waals surface area contributed by atoms with Crippen molar-refractivity contribution in [2.24, 2.45) is 0 Å². The maximum absolute atomic E-state index is 13.9. The minimum absolute atomic E-state index is 0.204. The van der Waals surface area contributed by atoms with Gasteiger partial charge in [-0.2, -0.15) is 0 Å². The molecule has 0 saturated carbocycles. The first-order valence-corrected chi connectivity index (χ1v) is 15.5. The van der Waals surface area contributed by atoms with Crippen molar-refractivity contribution in [1.29, 1.82) is 0 Å². The molecule has 7 aromatic carbocycles. The number of carbonyl (C=O) groups excluding carboxylic acids is 1. The maximum Gasteiger partial charge on any atom is 0.419 e. The highest BCUT2D eigenvalue weighted by atomic mass is 16.5. The molecule has 0 aliphatic carbocycles. The van der Waals surface area contributed by atoms with E-state index in [1.807, 2.05) is 54.6 Å². The van der Waals surface area contributed by atoms with Crippen LogP contribution in [0.4, 0.5) is 4.79 Å². The first-order valence-electron chi connectivity index (χ1n) is 15.5. The fourth-order valence-corrected chi connectivity index (χ4v) is 6.94. The molecule has 0 spiro atoms. The molecule has 2 aromatic heterocycles. The third kappa shape index (κ3) is 4.11. The van der Waals surface area contributed by atoms with E-state index in [0.717, 1.165) is 49.5 Å². The molecule has 0 N–H and O–H groups in total. The second kappa shape index (κ2) is 10.5. The second-order valence-corrected chi connectivity index (χ2v) is 11.7. The summed E-state index contributed by atoms with van der Waals surface area (Å²) in [4.78, 5) is 13.9. The van der Waals surface area contributed by atoms with E-state index in [1.54, 1.807) is 4.57 Å². The number of para-hydroxylation sites is 1. The van der Waals surface area contributed by atoms with E-state index in [-0.39, 0.29) is 6.61 Å². The van der Waals surface area contributed by atoms with Gasteiger partial charge in [0.1, 0.15) is 6.61 Å². The summed E-state index contributed by atoms with van der Waals surface area (Å²) in [6, 6.07) is 54.4. The zero-order chi connectivity index (χ0) is 30.6. The minimum atomic E-state index is -0.394. The summed E-state index contributed by atoms with van der Waals surface area (Å²) in [6.07, 6.45) is -0.394. The number of fused-ring (bicyclic) bond motifs is 8. The van der Waals surface area contributed by atoms with Gasteiger partial charge < -0.3 is 9.30 Å². The lowest BCUT2D eigenvalue weighted by atomic mass is 10.0.